The highest BCUT2D eigenvalue weighted by atomic mass is 35.5. The van der Waals surface area contributed by atoms with E-state index in [2.05, 4.69) is 10.1 Å². The molecule has 4 nitrogen and oxygen atoms in total. The number of nitrogen functional groups attached to an aromatic ring is 1. The molecule has 0 bridgehead atoms. The van der Waals surface area contributed by atoms with Gasteiger partial charge in [0.25, 0.3) is 0 Å². The van der Waals surface area contributed by atoms with Crippen LogP contribution in [0.15, 0.2) is 27.6 Å². The van der Waals surface area contributed by atoms with Gasteiger partial charge in [0, 0.05) is 16.5 Å². The third-order valence-electron chi connectivity index (χ3n) is 2.32. The zero-order valence-corrected chi connectivity index (χ0v) is 11.8. The van der Waals surface area contributed by atoms with Crippen molar-refractivity contribution in [3.63, 3.8) is 0 Å². The molecule has 6 heteroatoms. The van der Waals surface area contributed by atoms with Crippen molar-refractivity contribution in [2.24, 2.45) is 0 Å². The lowest BCUT2D eigenvalue weighted by atomic mass is 10.2. The lowest BCUT2D eigenvalue weighted by Crippen LogP contribution is -1.91. The smallest absolute Gasteiger partial charge is 0.229 e. The predicted octanol–water partition coefficient (Wildman–Crippen LogP) is 3.72. The standard InChI is InChI=1S/C12H14ClN3OS/c1-7(2)12-15-10(16-17-12)6-18-11-8(13)4-3-5-9(11)14/h3-5,7H,6,14H2,1-2H3. The van der Waals surface area contributed by atoms with Crippen LogP contribution in [0.25, 0.3) is 0 Å². The van der Waals surface area contributed by atoms with Gasteiger partial charge in [0.15, 0.2) is 5.82 Å². The number of halogens is 1. The van der Waals surface area contributed by atoms with Gasteiger partial charge in [0.2, 0.25) is 5.89 Å². The number of rotatable bonds is 4. The van der Waals surface area contributed by atoms with Crippen molar-refractivity contribution in [2.45, 2.75) is 30.4 Å². The minimum absolute atomic E-state index is 0.238. The number of nitrogens with two attached hydrogens (primary N) is 1. The van der Waals surface area contributed by atoms with Crippen LogP contribution in [0.2, 0.25) is 5.02 Å². The molecule has 0 saturated heterocycles. The van der Waals surface area contributed by atoms with E-state index in [9.17, 15) is 0 Å². The second-order valence-electron chi connectivity index (χ2n) is 4.15. The first kappa shape index (κ1) is 13.2. The Hall–Kier alpha value is -1.20. The maximum Gasteiger partial charge on any atom is 0.229 e. The van der Waals surface area contributed by atoms with Crippen LogP contribution >= 0.6 is 23.4 Å². The number of anilines is 1. The fraction of sp³-hybridized carbons (Fsp3) is 0.333. The van der Waals surface area contributed by atoms with Gasteiger partial charge in [-0.05, 0) is 12.1 Å². The van der Waals surface area contributed by atoms with Gasteiger partial charge in [-0.25, -0.2) is 0 Å². The molecule has 0 unspecified atom stereocenters. The third kappa shape index (κ3) is 2.97. The Balaban J connectivity index is 2.07. The van der Waals surface area contributed by atoms with Gasteiger partial charge in [-0.1, -0.05) is 36.7 Å². The maximum absolute atomic E-state index is 6.09. The monoisotopic (exact) mass is 283 g/mol. The van der Waals surface area contributed by atoms with Crippen LogP contribution in [0.1, 0.15) is 31.5 Å². The predicted molar refractivity (Wildman–Crippen MR) is 73.8 cm³/mol. The summed E-state index contributed by atoms with van der Waals surface area (Å²) in [6.45, 7) is 4.02. The van der Waals surface area contributed by atoms with E-state index in [1.807, 2.05) is 32.0 Å². The zero-order chi connectivity index (χ0) is 13.1. The summed E-state index contributed by atoms with van der Waals surface area (Å²) in [6, 6.07) is 5.47. The molecule has 0 spiro atoms. The minimum Gasteiger partial charge on any atom is -0.398 e. The van der Waals surface area contributed by atoms with Gasteiger partial charge < -0.3 is 10.3 Å². The van der Waals surface area contributed by atoms with Crippen LogP contribution in [0.4, 0.5) is 5.69 Å². The summed E-state index contributed by atoms with van der Waals surface area (Å²) in [5.41, 5.74) is 6.54. The van der Waals surface area contributed by atoms with Crippen molar-refractivity contribution < 1.29 is 4.52 Å². The highest BCUT2D eigenvalue weighted by Crippen LogP contribution is 2.34. The molecule has 0 atom stereocenters. The highest BCUT2D eigenvalue weighted by molar-refractivity contribution is 7.98. The molecule has 96 valence electrons. The van der Waals surface area contributed by atoms with Gasteiger partial charge in [-0.3, -0.25) is 0 Å². The maximum atomic E-state index is 6.09. The van der Waals surface area contributed by atoms with Crippen molar-refractivity contribution in [2.75, 3.05) is 5.73 Å². The average Bonchev–Trinajstić information content (AvgIpc) is 2.77. The van der Waals surface area contributed by atoms with E-state index in [0.717, 1.165) is 4.90 Å². The lowest BCUT2D eigenvalue weighted by Gasteiger charge is -2.05. The summed E-state index contributed by atoms with van der Waals surface area (Å²) < 4.78 is 5.14. The van der Waals surface area contributed by atoms with E-state index >= 15 is 0 Å². The average molecular weight is 284 g/mol. The molecule has 0 amide bonds. The molecule has 0 saturated carbocycles. The van der Waals surface area contributed by atoms with Gasteiger partial charge in [0.05, 0.1) is 10.8 Å². The Morgan fingerprint density at radius 2 is 2.22 bits per heavy atom. The highest BCUT2D eigenvalue weighted by Gasteiger charge is 2.11. The second-order valence-corrected chi connectivity index (χ2v) is 5.54. The van der Waals surface area contributed by atoms with Crippen molar-refractivity contribution in [3.05, 3.63) is 34.9 Å². The number of hydrogen-bond acceptors (Lipinski definition) is 5. The van der Waals surface area contributed by atoms with Crippen LogP contribution in [0.5, 0.6) is 0 Å². The van der Waals surface area contributed by atoms with E-state index in [4.69, 9.17) is 21.9 Å². The molecule has 18 heavy (non-hydrogen) atoms. The lowest BCUT2D eigenvalue weighted by molar-refractivity contribution is 0.362. The third-order valence-corrected chi connectivity index (χ3v) is 3.89. The zero-order valence-electron chi connectivity index (χ0n) is 10.2. The first-order chi connectivity index (χ1) is 8.58. The quantitative estimate of drug-likeness (QED) is 0.684. The minimum atomic E-state index is 0.238. The van der Waals surface area contributed by atoms with E-state index in [1.54, 1.807) is 0 Å². The Labute approximate surface area is 115 Å². The molecule has 0 fully saturated rings. The van der Waals surface area contributed by atoms with Crippen LogP contribution in [0.3, 0.4) is 0 Å². The van der Waals surface area contributed by atoms with Crippen molar-refractivity contribution in [1.82, 2.24) is 10.1 Å². The normalized spacial score (nSPS) is 11.1. The van der Waals surface area contributed by atoms with Crippen LogP contribution in [-0.4, -0.2) is 10.1 Å². The molecule has 0 aliphatic rings. The first-order valence-electron chi connectivity index (χ1n) is 5.57. The number of nitrogens with zero attached hydrogens (tertiary/aromatic N) is 2. The van der Waals surface area contributed by atoms with Crippen molar-refractivity contribution in [3.8, 4) is 0 Å². The summed E-state index contributed by atoms with van der Waals surface area (Å²) in [4.78, 5) is 5.16. The number of benzene rings is 1. The first-order valence-corrected chi connectivity index (χ1v) is 6.93. The summed E-state index contributed by atoms with van der Waals surface area (Å²) >= 11 is 7.60. The van der Waals surface area contributed by atoms with Crippen molar-refractivity contribution >= 4 is 29.1 Å². The molecule has 2 aromatic rings. The van der Waals surface area contributed by atoms with Gasteiger partial charge in [0.1, 0.15) is 0 Å². The van der Waals surface area contributed by atoms with E-state index in [1.165, 1.54) is 11.8 Å². The number of aromatic nitrogens is 2. The van der Waals surface area contributed by atoms with Crippen LogP contribution < -0.4 is 5.73 Å². The largest absolute Gasteiger partial charge is 0.398 e. The summed E-state index contributed by atoms with van der Waals surface area (Å²) in [5.74, 6) is 2.13. The van der Waals surface area contributed by atoms with Gasteiger partial charge in [-0.2, -0.15) is 4.98 Å². The van der Waals surface area contributed by atoms with E-state index in [0.29, 0.717) is 28.2 Å². The van der Waals surface area contributed by atoms with Crippen molar-refractivity contribution in [1.29, 1.82) is 0 Å². The summed E-state index contributed by atoms with van der Waals surface area (Å²) in [6.07, 6.45) is 0. The molecule has 0 aliphatic carbocycles. The Kier molecular flexibility index (Phi) is 4.14. The molecule has 1 aromatic heterocycles. The number of hydrogen-bond donors (Lipinski definition) is 1. The second kappa shape index (κ2) is 5.63. The molecule has 2 rings (SSSR count). The topological polar surface area (TPSA) is 64.9 Å². The molecular formula is C12H14ClN3OS. The fourth-order valence-electron chi connectivity index (χ4n) is 1.38. The van der Waals surface area contributed by atoms with Crippen LogP contribution in [-0.2, 0) is 5.75 Å². The van der Waals surface area contributed by atoms with Gasteiger partial charge in [-0.15, -0.1) is 11.8 Å². The number of thioether (sulfide) groups is 1. The molecule has 0 aliphatic heterocycles. The Morgan fingerprint density at radius 3 is 2.83 bits per heavy atom. The fourth-order valence-corrected chi connectivity index (χ4v) is 2.55. The summed E-state index contributed by atoms with van der Waals surface area (Å²) in [5, 5.41) is 4.57. The molecular weight excluding hydrogens is 270 g/mol. The molecule has 0 radical (unpaired) electrons. The van der Waals surface area contributed by atoms with E-state index < -0.39 is 0 Å². The Morgan fingerprint density at radius 1 is 1.44 bits per heavy atom. The SMILES string of the molecule is CC(C)c1nc(CSc2c(N)cccc2Cl)no1. The van der Waals surface area contributed by atoms with Crippen LogP contribution in [0, 0.1) is 0 Å². The Bertz CT molecular complexity index is 522. The van der Waals surface area contributed by atoms with E-state index in [-0.39, 0.29) is 5.92 Å². The summed E-state index contributed by atoms with van der Waals surface area (Å²) in [7, 11) is 0. The van der Waals surface area contributed by atoms with Gasteiger partial charge >= 0.3 is 0 Å². The molecule has 2 N–H and O–H groups in total. The molecule has 1 aromatic carbocycles. The molecule has 1 heterocycles.